The SMILES string of the molecule is C[C@H]1CCCN1CC(C)(C)SN=O. The minimum Gasteiger partial charge on any atom is -0.299 e. The molecule has 1 saturated heterocycles. The van der Waals surface area contributed by atoms with Crippen LogP contribution in [0.3, 0.4) is 0 Å². The van der Waals surface area contributed by atoms with Crippen molar-refractivity contribution in [2.24, 2.45) is 4.58 Å². The van der Waals surface area contributed by atoms with Gasteiger partial charge in [0, 0.05) is 33.9 Å². The molecule has 0 aliphatic carbocycles. The minimum absolute atomic E-state index is 0.0413. The molecule has 1 aliphatic heterocycles. The van der Waals surface area contributed by atoms with E-state index in [-0.39, 0.29) is 4.75 Å². The van der Waals surface area contributed by atoms with Crippen LogP contribution in [0, 0.1) is 4.91 Å². The van der Waals surface area contributed by atoms with Crippen LogP contribution in [0.1, 0.15) is 33.6 Å². The van der Waals surface area contributed by atoms with E-state index >= 15 is 0 Å². The van der Waals surface area contributed by atoms with Crippen molar-refractivity contribution in [3.05, 3.63) is 4.91 Å². The van der Waals surface area contributed by atoms with Gasteiger partial charge in [-0.25, -0.2) is 0 Å². The van der Waals surface area contributed by atoms with Gasteiger partial charge in [0.15, 0.2) is 0 Å². The number of nitroso groups, excluding NO2 is 1. The molecule has 3 nitrogen and oxygen atoms in total. The van der Waals surface area contributed by atoms with Crippen LogP contribution in [0.4, 0.5) is 0 Å². The van der Waals surface area contributed by atoms with Crippen molar-refractivity contribution in [3.8, 4) is 0 Å². The van der Waals surface area contributed by atoms with Gasteiger partial charge in [-0.15, -0.1) is 4.91 Å². The van der Waals surface area contributed by atoms with Crippen molar-refractivity contribution in [1.82, 2.24) is 4.90 Å². The van der Waals surface area contributed by atoms with Gasteiger partial charge in [0.05, 0.1) is 0 Å². The molecule has 0 N–H and O–H groups in total. The lowest BCUT2D eigenvalue weighted by atomic mass is 10.2. The molecule has 0 bridgehead atoms. The Morgan fingerprint density at radius 1 is 1.62 bits per heavy atom. The summed E-state index contributed by atoms with van der Waals surface area (Å²) in [7, 11) is 0. The van der Waals surface area contributed by atoms with E-state index in [2.05, 4.69) is 30.3 Å². The van der Waals surface area contributed by atoms with Gasteiger partial charge in [-0.05, 0) is 40.2 Å². The number of rotatable bonds is 4. The van der Waals surface area contributed by atoms with Crippen molar-refractivity contribution in [3.63, 3.8) is 0 Å². The molecular formula is C9H18N2OS. The molecule has 0 radical (unpaired) electrons. The fourth-order valence-electron chi connectivity index (χ4n) is 1.85. The molecule has 0 aromatic rings. The van der Waals surface area contributed by atoms with Gasteiger partial charge in [-0.1, -0.05) is 0 Å². The van der Waals surface area contributed by atoms with E-state index in [0.29, 0.717) is 6.04 Å². The first-order valence-electron chi connectivity index (χ1n) is 4.80. The van der Waals surface area contributed by atoms with E-state index in [0.717, 1.165) is 18.5 Å². The summed E-state index contributed by atoms with van der Waals surface area (Å²) in [5.74, 6) is 0. The van der Waals surface area contributed by atoms with Gasteiger partial charge >= 0.3 is 0 Å². The van der Waals surface area contributed by atoms with Gasteiger partial charge in [0.1, 0.15) is 0 Å². The molecule has 1 rings (SSSR count). The highest BCUT2D eigenvalue weighted by molar-refractivity contribution is 7.99. The van der Waals surface area contributed by atoms with Crippen LogP contribution >= 0.6 is 11.9 Å². The van der Waals surface area contributed by atoms with E-state index in [4.69, 9.17) is 0 Å². The molecule has 0 unspecified atom stereocenters. The summed E-state index contributed by atoms with van der Waals surface area (Å²) in [5, 5.41) is 0. The predicted octanol–water partition coefficient (Wildman–Crippen LogP) is 2.66. The van der Waals surface area contributed by atoms with Crippen molar-refractivity contribution < 1.29 is 0 Å². The minimum atomic E-state index is -0.0413. The molecule has 0 amide bonds. The second-order valence-electron chi connectivity index (χ2n) is 4.39. The third kappa shape index (κ3) is 3.27. The molecule has 76 valence electrons. The average molecular weight is 202 g/mol. The Bertz CT molecular complexity index is 184. The Hall–Kier alpha value is -0.0900. The Morgan fingerprint density at radius 3 is 2.77 bits per heavy atom. The first-order valence-corrected chi connectivity index (χ1v) is 5.57. The van der Waals surface area contributed by atoms with Crippen LogP contribution < -0.4 is 0 Å². The summed E-state index contributed by atoms with van der Waals surface area (Å²) in [6.45, 7) is 8.53. The van der Waals surface area contributed by atoms with E-state index in [1.165, 1.54) is 19.4 Å². The maximum Gasteiger partial charge on any atom is 0.0483 e. The number of nitrogens with zero attached hydrogens (tertiary/aromatic N) is 2. The molecular weight excluding hydrogens is 184 g/mol. The number of likely N-dealkylation sites (tertiary alicyclic amines) is 1. The lowest BCUT2D eigenvalue weighted by molar-refractivity contribution is 0.250. The monoisotopic (exact) mass is 202 g/mol. The first kappa shape index (κ1) is 11.0. The molecule has 1 atom stereocenters. The first-order chi connectivity index (χ1) is 6.05. The van der Waals surface area contributed by atoms with E-state index < -0.39 is 0 Å². The zero-order chi connectivity index (χ0) is 9.90. The van der Waals surface area contributed by atoms with Crippen molar-refractivity contribution in [2.75, 3.05) is 13.1 Å². The highest BCUT2D eigenvalue weighted by Gasteiger charge is 2.28. The summed E-state index contributed by atoms with van der Waals surface area (Å²) < 4.78 is 2.87. The Morgan fingerprint density at radius 2 is 2.31 bits per heavy atom. The second-order valence-corrected chi connectivity index (χ2v) is 5.82. The normalized spacial score (nSPS) is 25.0. The lowest BCUT2D eigenvalue weighted by Crippen LogP contribution is -2.38. The van der Waals surface area contributed by atoms with E-state index in [1.54, 1.807) is 0 Å². The topological polar surface area (TPSA) is 32.7 Å². The average Bonchev–Trinajstić information content (AvgIpc) is 2.35. The van der Waals surface area contributed by atoms with Gasteiger partial charge in [-0.2, -0.15) is 0 Å². The van der Waals surface area contributed by atoms with Gasteiger partial charge in [0.2, 0.25) is 0 Å². The molecule has 0 spiro atoms. The smallest absolute Gasteiger partial charge is 0.0483 e. The fourth-order valence-corrected chi connectivity index (χ4v) is 2.27. The summed E-state index contributed by atoms with van der Waals surface area (Å²) in [5.41, 5.74) is 0. The quantitative estimate of drug-likeness (QED) is 0.519. The van der Waals surface area contributed by atoms with Crippen molar-refractivity contribution in [2.45, 2.75) is 44.4 Å². The third-order valence-electron chi connectivity index (χ3n) is 2.56. The standard InChI is InChI=1S/C9H18N2OS/c1-8-5-4-6-11(8)7-9(2,3)13-10-12/h8H,4-7H2,1-3H3/t8-/m0/s1. The van der Waals surface area contributed by atoms with Crippen molar-refractivity contribution in [1.29, 1.82) is 0 Å². The van der Waals surface area contributed by atoms with Crippen LogP contribution in [0.2, 0.25) is 0 Å². The zero-order valence-corrected chi connectivity index (χ0v) is 9.43. The van der Waals surface area contributed by atoms with Gasteiger partial charge in [-0.3, -0.25) is 4.90 Å². The van der Waals surface area contributed by atoms with Crippen LogP contribution in [0.15, 0.2) is 4.58 Å². The highest BCUT2D eigenvalue weighted by Crippen LogP contribution is 2.29. The van der Waals surface area contributed by atoms with E-state index in [9.17, 15) is 4.91 Å². The zero-order valence-electron chi connectivity index (χ0n) is 8.62. The van der Waals surface area contributed by atoms with Crippen LogP contribution in [0.25, 0.3) is 0 Å². The molecule has 0 aromatic carbocycles. The Balaban J connectivity index is 2.41. The van der Waals surface area contributed by atoms with Gasteiger partial charge < -0.3 is 0 Å². The van der Waals surface area contributed by atoms with Gasteiger partial charge in [0.25, 0.3) is 0 Å². The fraction of sp³-hybridized carbons (Fsp3) is 1.00. The molecule has 1 heterocycles. The van der Waals surface area contributed by atoms with Crippen LogP contribution in [-0.4, -0.2) is 28.8 Å². The summed E-state index contributed by atoms with van der Waals surface area (Å²) in [6, 6.07) is 0.673. The highest BCUT2D eigenvalue weighted by atomic mass is 32.2. The molecule has 4 heteroatoms. The lowest BCUT2D eigenvalue weighted by Gasteiger charge is -2.29. The summed E-state index contributed by atoms with van der Waals surface area (Å²) in [4.78, 5) is 12.6. The summed E-state index contributed by atoms with van der Waals surface area (Å²) >= 11 is 1.15. The third-order valence-corrected chi connectivity index (χ3v) is 3.26. The number of hydrogen-bond donors (Lipinski definition) is 0. The summed E-state index contributed by atoms with van der Waals surface area (Å²) in [6.07, 6.45) is 2.58. The van der Waals surface area contributed by atoms with Crippen LogP contribution in [-0.2, 0) is 0 Å². The Kier molecular flexibility index (Phi) is 3.74. The molecule has 0 saturated carbocycles. The molecule has 1 fully saturated rings. The predicted molar refractivity (Wildman–Crippen MR) is 57.7 cm³/mol. The molecule has 1 aliphatic rings. The number of hydrogen-bond acceptors (Lipinski definition) is 4. The van der Waals surface area contributed by atoms with Crippen molar-refractivity contribution >= 4 is 11.9 Å². The van der Waals surface area contributed by atoms with E-state index in [1.807, 2.05) is 0 Å². The molecule has 13 heavy (non-hydrogen) atoms. The van der Waals surface area contributed by atoms with Crippen LogP contribution in [0.5, 0.6) is 0 Å². The maximum atomic E-state index is 10.2. The molecule has 0 aromatic heterocycles. The largest absolute Gasteiger partial charge is 0.299 e. The second kappa shape index (κ2) is 4.42. The maximum absolute atomic E-state index is 10.2. The Labute approximate surface area is 84.4 Å².